The van der Waals surface area contributed by atoms with Crippen LogP contribution < -0.4 is 5.32 Å². The van der Waals surface area contributed by atoms with Gasteiger partial charge in [0.15, 0.2) is 0 Å². The average molecular weight is 240 g/mol. The highest BCUT2D eigenvalue weighted by molar-refractivity contribution is 6.30. The van der Waals surface area contributed by atoms with Gasteiger partial charge in [0.2, 0.25) is 0 Å². The molecule has 1 unspecified atom stereocenters. The van der Waals surface area contributed by atoms with E-state index in [9.17, 15) is 0 Å². The molecular weight excluding hydrogens is 222 g/mol. The third-order valence-corrected chi connectivity index (χ3v) is 3.46. The standard InChI is InChI=1S/C13H18ClNO/c1-10-7-12(14)4-3-11(10)8-15-13(2)5-6-16-9-13/h3-4,7,15H,5-6,8-9H2,1-2H3. The lowest BCUT2D eigenvalue weighted by atomic mass is 10.0. The van der Waals surface area contributed by atoms with Crippen LogP contribution in [-0.4, -0.2) is 18.8 Å². The van der Waals surface area contributed by atoms with E-state index in [2.05, 4.69) is 25.2 Å². The molecule has 1 atom stereocenters. The van der Waals surface area contributed by atoms with Gasteiger partial charge in [0.1, 0.15) is 0 Å². The highest BCUT2D eigenvalue weighted by Crippen LogP contribution is 2.20. The zero-order valence-electron chi connectivity index (χ0n) is 9.85. The van der Waals surface area contributed by atoms with Gasteiger partial charge < -0.3 is 10.1 Å². The molecule has 0 bridgehead atoms. The third kappa shape index (κ3) is 2.76. The Balaban J connectivity index is 1.99. The predicted molar refractivity (Wildman–Crippen MR) is 66.9 cm³/mol. The number of ether oxygens (including phenoxy) is 1. The summed E-state index contributed by atoms with van der Waals surface area (Å²) in [4.78, 5) is 0. The molecule has 0 aliphatic carbocycles. The first kappa shape index (κ1) is 11.9. The molecule has 0 amide bonds. The van der Waals surface area contributed by atoms with Gasteiger partial charge in [0.25, 0.3) is 0 Å². The number of benzene rings is 1. The van der Waals surface area contributed by atoms with E-state index in [0.717, 1.165) is 31.2 Å². The van der Waals surface area contributed by atoms with Gasteiger partial charge in [-0.3, -0.25) is 0 Å². The Hall–Kier alpha value is -0.570. The number of halogens is 1. The van der Waals surface area contributed by atoms with Crippen LogP contribution in [0.3, 0.4) is 0 Å². The fourth-order valence-electron chi connectivity index (χ4n) is 1.97. The summed E-state index contributed by atoms with van der Waals surface area (Å²) in [5, 5.41) is 4.37. The van der Waals surface area contributed by atoms with Crippen LogP contribution in [-0.2, 0) is 11.3 Å². The highest BCUT2D eigenvalue weighted by atomic mass is 35.5. The molecule has 1 aliphatic heterocycles. The molecule has 0 aromatic heterocycles. The predicted octanol–water partition coefficient (Wildman–Crippen LogP) is 2.92. The molecule has 0 radical (unpaired) electrons. The van der Waals surface area contributed by atoms with Crippen molar-refractivity contribution in [3.63, 3.8) is 0 Å². The topological polar surface area (TPSA) is 21.3 Å². The van der Waals surface area contributed by atoms with Gasteiger partial charge in [-0.1, -0.05) is 17.7 Å². The Labute approximate surface area is 102 Å². The molecule has 1 aromatic rings. The monoisotopic (exact) mass is 239 g/mol. The van der Waals surface area contributed by atoms with E-state index in [0.29, 0.717) is 0 Å². The van der Waals surface area contributed by atoms with Crippen molar-refractivity contribution < 1.29 is 4.74 Å². The summed E-state index contributed by atoms with van der Waals surface area (Å²) in [6, 6.07) is 6.04. The lowest BCUT2D eigenvalue weighted by Gasteiger charge is -2.24. The van der Waals surface area contributed by atoms with E-state index in [1.54, 1.807) is 0 Å². The van der Waals surface area contributed by atoms with Crippen LogP contribution >= 0.6 is 11.6 Å². The SMILES string of the molecule is Cc1cc(Cl)ccc1CNC1(C)CCOC1. The molecule has 1 aliphatic rings. The Bertz CT molecular complexity index is 372. The zero-order valence-corrected chi connectivity index (χ0v) is 10.6. The normalized spacial score (nSPS) is 24.9. The maximum atomic E-state index is 5.93. The van der Waals surface area contributed by atoms with Crippen LogP contribution in [0, 0.1) is 6.92 Å². The van der Waals surface area contributed by atoms with Crippen molar-refractivity contribution in [2.24, 2.45) is 0 Å². The van der Waals surface area contributed by atoms with Crippen molar-refractivity contribution in [3.8, 4) is 0 Å². The van der Waals surface area contributed by atoms with E-state index in [4.69, 9.17) is 16.3 Å². The summed E-state index contributed by atoms with van der Waals surface area (Å²) < 4.78 is 5.41. The van der Waals surface area contributed by atoms with Crippen molar-refractivity contribution in [1.82, 2.24) is 5.32 Å². The van der Waals surface area contributed by atoms with E-state index in [1.165, 1.54) is 11.1 Å². The fourth-order valence-corrected chi connectivity index (χ4v) is 2.20. The molecule has 1 N–H and O–H groups in total. The van der Waals surface area contributed by atoms with Crippen molar-refractivity contribution in [2.45, 2.75) is 32.4 Å². The third-order valence-electron chi connectivity index (χ3n) is 3.23. The Morgan fingerprint density at radius 1 is 1.50 bits per heavy atom. The van der Waals surface area contributed by atoms with Crippen LogP contribution in [0.5, 0.6) is 0 Å². The number of hydrogen-bond acceptors (Lipinski definition) is 2. The molecule has 2 nitrogen and oxygen atoms in total. The molecule has 1 fully saturated rings. The molecule has 3 heteroatoms. The van der Waals surface area contributed by atoms with Gasteiger partial charge in [-0.15, -0.1) is 0 Å². The fraction of sp³-hybridized carbons (Fsp3) is 0.538. The Morgan fingerprint density at radius 3 is 2.94 bits per heavy atom. The first-order valence-electron chi connectivity index (χ1n) is 5.67. The first-order chi connectivity index (χ1) is 7.59. The Morgan fingerprint density at radius 2 is 2.31 bits per heavy atom. The van der Waals surface area contributed by atoms with E-state index >= 15 is 0 Å². The molecule has 88 valence electrons. The van der Waals surface area contributed by atoms with Gasteiger partial charge in [-0.25, -0.2) is 0 Å². The minimum atomic E-state index is 0.131. The minimum Gasteiger partial charge on any atom is -0.379 e. The van der Waals surface area contributed by atoms with Crippen LogP contribution in [0.2, 0.25) is 5.02 Å². The second-order valence-corrected chi connectivity index (χ2v) is 5.22. The van der Waals surface area contributed by atoms with Crippen molar-refractivity contribution in [3.05, 3.63) is 34.3 Å². The van der Waals surface area contributed by atoms with Crippen molar-refractivity contribution in [2.75, 3.05) is 13.2 Å². The smallest absolute Gasteiger partial charge is 0.0646 e. The zero-order chi connectivity index (χ0) is 11.6. The molecule has 1 heterocycles. The maximum Gasteiger partial charge on any atom is 0.0646 e. The molecular formula is C13H18ClNO. The number of hydrogen-bond donors (Lipinski definition) is 1. The largest absolute Gasteiger partial charge is 0.379 e. The van der Waals surface area contributed by atoms with Gasteiger partial charge in [-0.2, -0.15) is 0 Å². The summed E-state index contributed by atoms with van der Waals surface area (Å²) in [6.45, 7) is 6.85. The Kier molecular flexibility index (Phi) is 3.53. The molecule has 16 heavy (non-hydrogen) atoms. The van der Waals surface area contributed by atoms with Crippen molar-refractivity contribution >= 4 is 11.6 Å². The van der Waals surface area contributed by atoms with Crippen LogP contribution in [0.15, 0.2) is 18.2 Å². The summed E-state index contributed by atoms with van der Waals surface area (Å²) >= 11 is 5.93. The maximum absolute atomic E-state index is 5.93. The van der Waals surface area contributed by atoms with E-state index in [-0.39, 0.29) is 5.54 Å². The summed E-state index contributed by atoms with van der Waals surface area (Å²) in [5.74, 6) is 0. The van der Waals surface area contributed by atoms with Gasteiger partial charge in [-0.05, 0) is 43.5 Å². The molecule has 1 aromatic carbocycles. The molecule has 1 saturated heterocycles. The lowest BCUT2D eigenvalue weighted by molar-refractivity contribution is 0.171. The number of aryl methyl sites for hydroxylation is 1. The number of rotatable bonds is 3. The van der Waals surface area contributed by atoms with Crippen LogP contribution in [0.4, 0.5) is 0 Å². The second-order valence-electron chi connectivity index (χ2n) is 4.79. The quantitative estimate of drug-likeness (QED) is 0.876. The van der Waals surface area contributed by atoms with Crippen molar-refractivity contribution in [1.29, 1.82) is 0 Å². The van der Waals surface area contributed by atoms with Crippen LogP contribution in [0.25, 0.3) is 0 Å². The van der Waals surface area contributed by atoms with Gasteiger partial charge in [0.05, 0.1) is 6.61 Å². The summed E-state index contributed by atoms with van der Waals surface area (Å²) in [6.07, 6.45) is 1.08. The lowest BCUT2D eigenvalue weighted by Crippen LogP contribution is -2.42. The van der Waals surface area contributed by atoms with E-state index in [1.807, 2.05) is 12.1 Å². The highest BCUT2D eigenvalue weighted by Gasteiger charge is 2.28. The second kappa shape index (κ2) is 4.74. The van der Waals surface area contributed by atoms with Crippen LogP contribution in [0.1, 0.15) is 24.5 Å². The summed E-state index contributed by atoms with van der Waals surface area (Å²) in [7, 11) is 0. The average Bonchev–Trinajstić information content (AvgIpc) is 2.64. The van der Waals surface area contributed by atoms with Gasteiger partial charge >= 0.3 is 0 Å². The number of nitrogens with one attached hydrogen (secondary N) is 1. The molecule has 0 saturated carbocycles. The minimum absolute atomic E-state index is 0.131. The summed E-state index contributed by atoms with van der Waals surface area (Å²) in [5.41, 5.74) is 2.67. The molecule has 0 spiro atoms. The first-order valence-corrected chi connectivity index (χ1v) is 6.05. The van der Waals surface area contributed by atoms with Gasteiger partial charge in [0, 0.05) is 23.7 Å². The molecule has 2 rings (SSSR count). The van der Waals surface area contributed by atoms with E-state index < -0.39 is 0 Å².